The van der Waals surface area contributed by atoms with Crippen LogP contribution in [0.2, 0.25) is 0 Å². The van der Waals surface area contributed by atoms with Gasteiger partial charge in [0.1, 0.15) is 11.4 Å². The van der Waals surface area contributed by atoms with E-state index in [1.807, 2.05) is 53.4 Å². The number of halogens is 1. The molecule has 2 amide bonds. The smallest absolute Gasteiger partial charge is 0.271 e. The van der Waals surface area contributed by atoms with Gasteiger partial charge >= 0.3 is 0 Å². The minimum atomic E-state index is -1.42. The van der Waals surface area contributed by atoms with Gasteiger partial charge in [-0.1, -0.05) is 42.5 Å². The van der Waals surface area contributed by atoms with Gasteiger partial charge in [-0.05, 0) is 76.5 Å². The first kappa shape index (κ1) is 28.6. The van der Waals surface area contributed by atoms with Gasteiger partial charge in [-0.25, -0.2) is 9.37 Å². The predicted molar refractivity (Wildman–Crippen MR) is 150 cm³/mol. The van der Waals surface area contributed by atoms with E-state index in [1.54, 1.807) is 6.07 Å². The van der Waals surface area contributed by atoms with E-state index in [-0.39, 0.29) is 24.4 Å². The Labute approximate surface area is 229 Å². The SMILES string of the molecule is CC(C)(F)CC[C@H](C[C@H](O)[C@H](Cc1ccccc1)NC(=O)c1cnc2ccccc2n1)C(=O)N1CCCCC1. The Bertz CT molecular complexity index is 1240. The standard InChI is InChI=1S/C31H39FN4O3/c1-31(2,32)16-15-23(30(39)36-17-9-4-10-18-36)20-28(37)26(19-22-11-5-3-6-12-22)35-29(38)27-21-33-24-13-7-8-14-25(24)34-27/h3,5-8,11-14,21,23,26,28,37H,4,9-10,15-20H2,1-2H3,(H,35,38)/t23-,26+,28+/m1/s1. The quantitative estimate of drug-likeness (QED) is 0.366. The molecule has 2 aromatic carbocycles. The summed E-state index contributed by atoms with van der Waals surface area (Å²) in [6.45, 7) is 4.40. The summed E-state index contributed by atoms with van der Waals surface area (Å²) in [5, 5.41) is 14.4. The van der Waals surface area contributed by atoms with E-state index in [1.165, 1.54) is 20.0 Å². The van der Waals surface area contributed by atoms with Gasteiger partial charge in [0.15, 0.2) is 0 Å². The van der Waals surface area contributed by atoms with Gasteiger partial charge in [-0.2, -0.15) is 0 Å². The van der Waals surface area contributed by atoms with E-state index in [0.717, 1.165) is 24.8 Å². The van der Waals surface area contributed by atoms with Crippen LogP contribution in [0.4, 0.5) is 4.39 Å². The van der Waals surface area contributed by atoms with Crippen molar-refractivity contribution in [2.75, 3.05) is 13.1 Å². The second kappa shape index (κ2) is 13.1. The molecule has 0 saturated carbocycles. The van der Waals surface area contributed by atoms with Crippen LogP contribution < -0.4 is 5.32 Å². The van der Waals surface area contributed by atoms with Crippen molar-refractivity contribution in [3.63, 3.8) is 0 Å². The molecule has 1 aliphatic rings. The molecule has 208 valence electrons. The largest absolute Gasteiger partial charge is 0.391 e. The van der Waals surface area contributed by atoms with E-state index in [0.29, 0.717) is 37.0 Å². The third-order valence-electron chi connectivity index (χ3n) is 7.39. The van der Waals surface area contributed by atoms with Gasteiger partial charge < -0.3 is 15.3 Å². The number of nitrogens with one attached hydrogen (secondary N) is 1. The number of hydrogen-bond donors (Lipinski definition) is 2. The number of fused-ring (bicyclic) bond motifs is 1. The monoisotopic (exact) mass is 534 g/mol. The minimum absolute atomic E-state index is 0.0387. The van der Waals surface area contributed by atoms with Gasteiger partial charge in [-0.15, -0.1) is 0 Å². The maximum Gasteiger partial charge on any atom is 0.271 e. The number of piperidine rings is 1. The fourth-order valence-corrected chi connectivity index (χ4v) is 5.15. The maximum absolute atomic E-state index is 14.5. The zero-order chi connectivity index (χ0) is 27.8. The van der Waals surface area contributed by atoms with Crippen LogP contribution in [-0.2, 0) is 11.2 Å². The first-order chi connectivity index (χ1) is 18.7. The summed E-state index contributed by atoms with van der Waals surface area (Å²) < 4.78 is 14.5. The van der Waals surface area contributed by atoms with Crippen molar-refractivity contribution in [3.8, 4) is 0 Å². The molecular formula is C31H39FN4O3. The van der Waals surface area contributed by atoms with Gasteiger partial charge in [-0.3, -0.25) is 14.6 Å². The molecule has 0 radical (unpaired) electrons. The Morgan fingerprint density at radius 2 is 1.69 bits per heavy atom. The van der Waals surface area contributed by atoms with Crippen molar-refractivity contribution < 1.29 is 19.1 Å². The number of aliphatic hydroxyl groups is 1. The van der Waals surface area contributed by atoms with E-state index in [4.69, 9.17) is 0 Å². The molecule has 1 aromatic heterocycles. The highest BCUT2D eigenvalue weighted by molar-refractivity contribution is 5.94. The second-order valence-corrected chi connectivity index (χ2v) is 11.2. The Morgan fingerprint density at radius 3 is 2.38 bits per heavy atom. The third-order valence-corrected chi connectivity index (χ3v) is 7.39. The lowest BCUT2D eigenvalue weighted by atomic mass is 9.87. The zero-order valence-electron chi connectivity index (χ0n) is 22.9. The highest BCUT2D eigenvalue weighted by atomic mass is 19.1. The fourth-order valence-electron chi connectivity index (χ4n) is 5.15. The average Bonchev–Trinajstić information content (AvgIpc) is 2.94. The highest BCUT2D eigenvalue weighted by Crippen LogP contribution is 2.27. The summed E-state index contributed by atoms with van der Waals surface area (Å²) in [6, 6.07) is 16.2. The molecule has 0 unspecified atom stereocenters. The minimum Gasteiger partial charge on any atom is -0.391 e. The summed E-state index contributed by atoms with van der Waals surface area (Å²) >= 11 is 0. The Hall–Kier alpha value is -3.39. The predicted octanol–water partition coefficient (Wildman–Crippen LogP) is 4.88. The Kier molecular flexibility index (Phi) is 9.62. The van der Waals surface area contributed by atoms with Crippen LogP contribution >= 0.6 is 0 Å². The van der Waals surface area contributed by atoms with Gasteiger partial charge in [0, 0.05) is 19.0 Å². The number of aliphatic hydroxyl groups excluding tert-OH is 1. The van der Waals surface area contributed by atoms with Crippen molar-refractivity contribution in [1.29, 1.82) is 0 Å². The number of likely N-dealkylation sites (tertiary alicyclic amines) is 1. The molecule has 0 bridgehead atoms. The number of nitrogens with zero attached hydrogens (tertiary/aromatic N) is 3. The molecule has 4 rings (SSSR count). The van der Waals surface area contributed by atoms with Gasteiger partial charge in [0.05, 0.1) is 29.4 Å². The first-order valence-corrected chi connectivity index (χ1v) is 13.9. The molecule has 39 heavy (non-hydrogen) atoms. The zero-order valence-corrected chi connectivity index (χ0v) is 22.9. The van der Waals surface area contributed by atoms with Crippen LogP contribution in [0, 0.1) is 5.92 Å². The number of aromatic nitrogens is 2. The summed E-state index contributed by atoms with van der Waals surface area (Å²) in [5.74, 6) is -1.02. The first-order valence-electron chi connectivity index (χ1n) is 13.9. The van der Waals surface area contributed by atoms with E-state index >= 15 is 0 Å². The molecule has 1 saturated heterocycles. The molecule has 3 aromatic rings. The van der Waals surface area contributed by atoms with E-state index < -0.39 is 29.6 Å². The van der Waals surface area contributed by atoms with Crippen molar-refractivity contribution >= 4 is 22.8 Å². The Morgan fingerprint density at radius 1 is 1.03 bits per heavy atom. The number of para-hydroxylation sites is 2. The van der Waals surface area contributed by atoms with Crippen LogP contribution in [0.25, 0.3) is 11.0 Å². The number of carbonyl (C=O) groups is 2. The average molecular weight is 535 g/mol. The summed E-state index contributed by atoms with van der Waals surface area (Å²) in [7, 11) is 0. The van der Waals surface area contributed by atoms with Crippen LogP contribution in [0.1, 0.15) is 68.4 Å². The third kappa shape index (κ3) is 8.30. The lowest BCUT2D eigenvalue weighted by molar-refractivity contribution is -0.138. The lowest BCUT2D eigenvalue weighted by Gasteiger charge is -2.33. The van der Waals surface area contributed by atoms with Gasteiger partial charge in [0.25, 0.3) is 5.91 Å². The molecule has 7 nitrogen and oxygen atoms in total. The fraction of sp³-hybridized carbons (Fsp3) is 0.484. The van der Waals surface area contributed by atoms with Crippen LogP contribution in [-0.4, -0.2) is 62.7 Å². The lowest BCUT2D eigenvalue weighted by Crippen LogP contribution is -2.48. The number of benzene rings is 2. The number of carbonyl (C=O) groups excluding carboxylic acids is 2. The molecule has 1 aliphatic heterocycles. The second-order valence-electron chi connectivity index (χ2n) is 11.2. The molecule has 3 atom stereocenters. The van der Waals surface area contributed by atoms with Crippen LogP contribution in [0.3, 0.4) is 0 Å². The number of alkyl halides is 1. The molecule has 0 aliphatic carbocycles. The molecule has 2 N–H and O–H groups in total. The Balaban J connectivity index is 1.54. The summed E-state index contributed by atoms with van der Waals surface area (Å²) in [5.41, 5.74) is 0.961. The van der Waals surface area contributed by atoms with Gasteiger partial charge in [0.2, 0.25) is 5.91 Å². The number of rotatable bonds is 11. The van der Waals surface area contributed by atoms with E-state index in [2.05, 4.69) is 15.3 Å². The maximum atomic E-state index is 14.5. The molecule has 2 heterocycles. The van der Waals surface area contributed by atoms with E-state index in [9.17, 15) is 19.1 Å². The van der Waals surface area contributed by atoms with Crippen LogP contribution in [0.15, 0.2) is 60.8 Å². The van der Waals surface area contributed by atoms with Crippen molar-refractivity contribution in [2.45, 2.75) is 76.6 Å². The summed E-state index contributed by atoms with van der Waals surface area (Å²) in [6.07, 6.45) is 4.45. The van der Waals surface area contributed by atoms with Crippen molar-refractivity contribution in [3.05, 3.63) is 72.1 Å². The van der Waals surface area contributed by atoms with Crippen LogP contribution in [0.5, 0.6) is 0 Å². The number of hydrogen-bond acceptors (Lipinski definition) is 5. The molecular weight excluding hydrogens is 495 g/mol. The number of amides is 2. The highest BCUT2D eigenvalue weighted by Gasteiger charge is 2.33. The topological polar surface area (TPSA) is 95.4 Å². The van der Waals surface area contributed by atoms with Crippen molar-refractivity contribution in [2.24, 2.45) is 5.92 Å². The molecule has 8 heteroatoms. The normalized spacial score (nSPS) is 16.5. The molecule has 0 spiro atoms. The molecule has 1 fully saturated rings. The summed E-state index contributed by atoms with van der Waals surface area (Å²) in [4.78, 5) is 37.4. The van der Waals surface area contributed by atoms with Crippen molar-refractivity contribution in [1.82, 2.24) is 20.2 Å².